The lowest BCUT2D eigenvalue weighted by atomic mass is 10.1. The Bertz CT molecular complexity index is 915. The number of hydrogen-bond donors (Lipinski definition) is 2. The lowest BCUT2D eigenvalue weighted by Gasteiger charge is -2.27. The van der Waals surface area contributed by atoms with Crippen LogP contribution in [0.3, 0.4) is 0 Å². The Labute approximate surface area is 150 Å². The summed E-state index contributed by atoms with van der Waals surface area (Å²) < 4.78 is 0. The molecule has 2 N–H and O–H groups in total. The number of rotatable bonds is 4. The van der Waals surface area contributed by atoms with Crippen LogP contribution in [0.4, 0.5) is 5.82 Å². The highest BCUT2D eigenvalue weighted by molar-refractivity contribution is 5.87. The van der Waals surface area contributed by atoms with Crippen molar-refractivity contribution < 1.29 is 4.79 Å². The molecule has 0 aromatic carbocycles. The SMILES string of the molecule is O=CC(c1cnc[nH]1)N1CCN(c2ncnc3[nH]ccc23)CC2(CC2)C1. The van der Waals surface area contributed by atoms with Crippen molar-refractivity contribution in [1.29, 1.82) is 0 Å². The Balaban J connectivity index is 1.46. The van der Waals surface area contributed by atoms with Crippen LogP contribution >= 0.6 is 0 Å². The molecule has 0 radical (unpaired) electrons. The number of H-pyrrole nitrogens is 2. The van der Waals surface area contributed by atoms with E-state index in [0.29, 0.717) is 0 Å². The molecule has 1 atom stereocenters. The molecule has 2 aliphatic rings. The van der Waals surface area contributed by atoms with Gasteiger partial charge in [0.2, 0.25) is 0 Å². The van der Waals surface area contributed by atoms with Gasteiger partial charge >= 0.3 is 0 Å². The van der Waals surface area contributed by atoms with Crippen LogP contribution in [0.25, 0.3) is 11.0 Å². The second-order valence-corrected chi connectivity index (χ2v) is 7.42. The molecular weight excluding hydrogens is 330 g/mol. The molecule has 1 saturated heterocycles. The third kappa shape index (κ3) is 2.57. The van der Waals surface area contributed by atoms with Gasteiger partial charge in [-0.15, -0.1) is 0 Å². The number of anilines is 1. The molecule has 5 rings (SSSR count). The molecule has 8 heteroatoms. The molecule has 134 valence electrons. The van der Waals surface area contributed by atoms with Crippen molar-refractivity contribution in [2.75, 3.05) is 31.1 Å². The normalized spacial score (nSPS) is 21.0. The van der Waals surface area contributed by atoms with Crippen LogP contribution in [0.2, 0.25) is 0 Å². The zero-order valence-electron chi connectivity index (χ0n) is 14.4. The minimum atomic E-state index is -0.271. The Kier molecular flexibility index (Phi) is 3.53. The van der Waals surface area contributed by atoms with Crippen LogP contribution in [0.1, 0.15) is 24.6 Å². The van der Waals surface area contributed by atoms with Gasteiger partial charge in [-0.25, -0.2) is 15.0 Å². The maximum atomic E-state index is 11.8. The number of nitrogens with zero attached hydrogens (tertiary/aromatic N) is 5. The second kappa shape index (κ2) is 5.91. The summed E-state index contributed by atoms with van der Waals surface area (Å²) >= 11 is 0. The summed E-state index contributed by atoms with van der Waals surface area (Å²) in [7, 11) is 0. The Morgan fingerprint density at radius 2 is 2.12 bits per heavy atom. The number of aromatic nitrogens is 5. The molecule has 2 fully saturated rings. The number of carbonyl (C=O) groups is 1. The lowest BCUT2D eigenvalue weighted by molar-refractivity contribution is -0.112. The summed E-state index contributed by atoms with van der Waals surface area (Å²) in [5.41, 5.74) is 1.97. The summed E-state index contributed by atoms with van der Waals surface area (Å²) in [5.74, 6) is 0.980. The van der Waals surface area contributed by atoms with Gasteiger partial charge in [-0.3, -0.25) is 4.90 Å². The van der Waals surface area contributed by atoms with Crippen LogP contribution in [0.15, 0.2) is 31.1 Å². The molecule has 0 amide bonds. The van der Waals surface area contributed by atoms with Crippen molar-refractivity contribution >= 4 is 23.1 Å². The van der Waals surface area contributed by atoms with Gasteiger partial charge in [0.05, 0.1) is 17.4 Å². The summed E-state index contributed by atoms with van der Waals surface area (Å²) in [6, 6.07) is 1.76. The third-order valence-electron chi connectivity index (χ3n) is 5.67. The Hall–Kier alpha value is -2.74. The van der Waals surface area contributed by atoms with Crippen molar-refractivity contribution in [3.05, 3.63) is 36.8 Å². The van der Waals surface area contributed by atoms with Crippen molar-refractivity contribution in [2.24, 2.45) is 5.41 Å². The molecule has 1 spiro atoms. The average molecular weight is 351 g/mol. The van der Waals surface area contributed by atoms with Crippen LogP contribution < -0.4 is 4.90 Å². The average Bonchev–Trinajstić information content (AvgIpc) is 3.06. The number of nitrogens with one attached hydrogen (secondary N) is 2. The molecule has 3 aromatic heterocycles. The van der Waals surface area contributed by atoms with Crippen LogP contribution in [0.5, 0.6) is 0 Å². The fourth-order valence-electron chi connectivity index (χ4n) is 4.10. The van der Waals surface area contributed by atoms with Crippen molar-refractivity contribution in [1.82, 2.24) is 29.8 Å². The number of fused-ring (bicyclic) bond motifs is 1. The van der Waals surface area contributed by atoms with Gasteiger partial charge < -0.3 is 19.7 Å². The van der Waals surface area contributed by atoms with Gasteiger partial charge in [0.15, 0.2) is 0 Å². The minimum Gasteiger partial charge on any atom is -0.354 e. The quantitative estimate of drug-likeness (QED) is 0.692. The van der Waals surface area contributed by atoms with E-state index in [-0.39, 0.29) is 11.5 Å². The van der Waals surface area contributed by atoms with Crippen LogP contribution in [-0.4, -0.2) is 62.3 Å². The zero-order chi connectivity index (χ0) is 17.6. The third-order valence-corrected chi connectivity index (χ3v) is 5.67. The molecule has 0 bridgehead atoms. The molecule has 8 nitrogen and oxygen atoms in total. The fourth-order valence-corrected chi connectivity index (χ4v) is 4.10. The van der Waals surface area contributed by atoms with E-state index in [1.807, 2.05) is 12.3 Å². The molecule has 1 saturated carbocycles. The second-order valence-electron chi connectivity index (χ2n) is 7.42. The molecule has 4 heterocycles. The first-order valence-electron chi connectivity index (χ1n) is 8.99. The highest BCUT2D eigenvalue weighted by Crippen LogP contribution is 2.49. The van der Waals surface area contributed by atoms with E-state index in [0.717, 1.165) is 55.0 Å². The lowest BCUT2D eigenvalue weighted by Crippen LogP contribution is -2.35. The zero-order valence-corrected chi connectivity index (χ0v) is 14.4. The predicted octanol–water partition coefficient (Wildman–Crippen LogP) is 1.52. The number of carbonyl (C=O) groups excluding carboxylic acids is 1. The van der Waals surface area contributed by atoms with Gasteiger partial charge in [-0.2, -0.15) is 0 Å². The van der Waals surface area contributed by atoms with Crippen molar-refractivity contribution in [3.8, 4) is 0 Å². The predicted molar refractivity (Wildman–Crippen MR) is 96.7 cm³/mol. The largest absolute Gasteiger partial charge is 0.354 e. The van der Waals surface area contributed by atoms with E-state index < -0.39 is 0 Å². The molecular formula is C18H21N7O. The van der Waals surface area contributed by atoms with E-state index >= 15 is 0 Å². The van der Waals surface area contributed by atoms with Gasteiger partial charge in [0, 0.05) is 44.0 Å². The fraction of sp³-hybridized carbons (Fsp3) is 0.444. The minimum absolute atomic E-state index is 0.241. The molecule has 3 aromatic rings. The van der Waals surface area contributed by atoms with Crippen LogP contribution in [0, 0.1) is 5.41 Å². The summed E-state index contributed by atoms with van der Waals surface area (Å²) in [4.78, 5) is 35.7. The first kappa shape index (κ1) is 15.5. The van der Waals surface area contributed by atoms with E-state index in [1.165, 1.54) is 12.8 Å². The van der Waals surface area contributed by atoms with E-state index in [4.69, 9.17) is 0 Å². The van der Waals surface area contributed by atoms with E-state index in [9.17, 15) is 4.79 Å². The molecule has 26 heavy (non-hydrogen) atoms. The standard InChI is InChI=1S/C18H21N7O/c26-8-15(14-7-19-11-21-14)24-5-6-25(10-18(9-24)2-3-18)17-13-1-4-20-16(13)22-12-23-17/h1,4,7-8,11-12,15H,2-3,5-6,9-10H2,(H,19,21)(H,20,22,23). The van der Waals surface area contributed by atoms with Gasteiger partial charge in [-0.05, 0) is 18.9 Å². The van der Waals surface area contributed by atoms with E-state index in [2.05, 4.69) is 34.7 Å². The smallest absolute Gasteiger partial charge is 0.143 e. The molecule has 1 unspecified atom stereocenters. The van der Waals surface area contributed by atoms with Crippen molar-refractivity contribution in [2.45, 2.75) is 18.9 Å². The first-order valence-corrected chi connectivity index (χ1v) is 8.99. The maximum Gasteiger partial charge on any atom is 0.143 e. The number of aromatic amines is 2. The van der Waals surface area contributed by atoms with Gasteiger partial charge in [0.25, 0.3) is 0 Å². The topological polar surface area (TPSA) is 93.8 Å². The highest BCUT2D eigenvalue weighted by atomic mass is 16.1. The molecule has 1 aliphatic heterocycles. The first-order chi connectivity index (χ1) is 12.8. The monoisotopic (exact) mass is 351 g/mol. The number of aldehydes is 1. The van der Waals surface area contributed by atoms with Gasteiger partial charge in [-0.1, -0.05) is 0 Å². The van der Waals surface area contributed by atoms with E-state index in [1.54, 1.807) is 18.9 Å². The molecule has 1 aliphatic carbocycles. The maximum absolute atomic E-state index is 11.8. The van der Waals surface area contributed by atoms with Crippen LogP contribution in [-0.2, 0) is 4.79 Å². The number of imidazole rings is 1. The number of hydrogen-bond acceptors (Lipinski definition) is 6. The summed E-state index contributed by atoms with van der Waals surface area (Å²) in [6.45, 7) is 3.53. The Morgan fingerprint density at radius 1 is 1.19 bits per heavy atom. The highest BCUT2D eigenvalue weighted by Gasteiger charge is 2.48. The summed E-state index contributed by atoms with van der Waals surface area (Å²) in [6.07, 6.45) is 10.3. The van der Waals surface area contributed by atoms with Crippen molar-refractivity contribution in [3.63, 3.8) is 0 Å². The Morgan fingerprint density at radius 3 is 2.88 bits per heavy atom. The van der Waals surface area contributed by atoms with Gasteiger partial charge in [0.1, 0.15) is 30.1 Å². The summed E-state index contributed by atoms with van der Waals surface area (Å²) in [5, 5.41) is 1.05.